The minimum atomic E-state index is 0.405. The number of hydrogen-bond acceptors (Lipinski definition) is 6. The van der Waals surface area contributed by atoms with Crippen LogP contribution >= 0.6 is 0 Å². The molecule has 3 aliphatic heterocycles. The highest BCUT2D eigenvalue weighted by molar-refractivity contribution is 5.94. The highest BCUT2D eigenvalue weighted by Gasteiger charge is 2.30. The zero-order chi connectivity index (χ0) is 26.1. The predicted octanol–water partition coefficient (Wildman–Crippen LogP) is 5.11. The van der Waals surface area contributed by atoms with Crippen LogP contribution in [0.25, 0.3) is 15.6 Å². The number of hydrogen-bond donors (Lipinski definition) is 0. The van der Waals surface area contributed by atoms with E-state index in [0.717, 1.165) is 69.9 Å². The number of piperidine rings is 1. The van der Waals surface area contributed by atoms with Gasteiger partial charge in [-0.1, -0.05) is 29.8 Å². The van der Waals surface area contributed by atoms with Crippen LogP contribution in [0.4, 0.5) is 11.5 Å². The van der Waals surface area contributed by atoms with Crippen LogP contribution in [0.15, 0.2) is 36.4 Å². The van der Waals surface area contributed by atoms with Crippen molar-refractivity contribution in [3.8, 4) is 6.01 Å². The van der Waals surface area contributed by atoms with Crippen molar-refractivity contribution in [3.63, 3.8) is 0 Å². The summed E-state index contributed by atoms with van der Waals surface area (Å²) in [6.45, 7) is 15.4. The molecule has 7 heteroatoms. The number of anilines is 2. The van der Waals surface area contributed by atoms with Crippen molar-refractivity contribution in [2.75, 3.05) is 56.2 Å². The van der Waals surface area contributed by atoms with Gasteiger partial charge in [-0.2, -0.15) is 9.97 Å². The maximum Gasteiger partial charge on any atom is 0.318 e. The second-order valence-electron chi connectivity index (χ2n) is 11.3. The molecule has 2 atom stereocenters. The Morgan fingerprint density at radius 3 is 2.79 bits per heavy atom. The predicted molar refractivity (Wildman–Crippen MR) is 153 cm³/mol. The summed E-state index contributed by atoms with van der Waals surface area (Å²) in [7, 11) is 2.18. The first-order valence-electron chi connectivity index (χ1n) is 14.1. The fourth-order valence-corrected chi connectivity index (χ4v) is 6.46. The van der Waals surface area contributed by atoms with E-state index < -0.39 is 0 Å². The molecule has 7 nitrogen and oxygen atoms in total. The topological polar surface area (TPSA) is 49.1 Å². The summed E-state index contributed by atoms with van der Waals surface area (Å²) in [5.41, 5.74) is 4.88. The van der Waals surface area contributed by atoms with Crippen molar-refractivity contribution in [3.05, 3.63) is 64.6 Å². The Kier molecular flexibility index (Phi) is 7.08. The van der Waals surface area contributed by atoms with Crippen LogP contribution < -0.4 is 14.5 Å². The fraction of sp³-hybridized carbons (Fsp3) is 0.516. The van der Waals surface area contributed by atoms with Gasteiger partial charge in [-0.05, 0) is 70.1 Å². The molecule has 38 heavy (non-hydrogen) atoms. The molecular weight excluding hydrogens is 472 g/mol. The lowest BCUT2D eigenvalue weighted by atomic mass is 9.96. The van der Waals surface area contributed by atoms with Gasteiger partial charge in [0.15, 0.2) is 0 Å². The molecule has 0 aliphatic carbocycles. The third kappa shape index (κ3) is 5.02. The molecule has 0 unspecified atom stereocenters. The standard InChI is InChI=1S/C31H38N6O/c1-22-11-12-24-8-4-10-29(27(24)17-22)36-16-13-26-28(20-36)33-31(38-21-25-9-6-14-35(25)3)34-30(26)37-15-5-7-23(19-37)18-32-2/h4,8,10-12,17,23,25H,5-7,9,13-16,18-21H2,1,3H3/t23-,25-/m0/s1. The first-order valence-corrected chi connectivity index (χ1v) is 14.1. The Morgan fingerprint density at radius 2 is 1.95 bits per heavy atom. The third-order valence-electron chi connectivity index (χ3n) is 8.62. The molecule has 0 amide bonds. The van der Waals surface area contributed by atoms with Crippen molar-refractivity contribution in [2.24, 2.45) is 5.92 Å². The number of aryl methyl sites for hydroxylation is 1. The second kappa shape index (κ2) is 10.8. The summed E-state index contributed by atoms with van der Waals surface area (Å²) >= 11 is 0. The van der Waals surface area contributed by atoms with Crippen LogP contribution in [0.3, 0.4) is 0 Å². The number of likely N-dealkylation sites (tertiary alicyclic amines) is 1. The fourth-order valence-electron chi connectivity index (χ4n) is 6.46. The van der Waals surface area contributed by atoms with Crippen molar-refractivity contribution < 1.29 is 4.74 Å². The van der Waals surface area contributed by atoms with Gasteiger partial charge in [0.2, 0.25) is 6.54 Å². The molecule has 0 bridgehead atoms. The van der Waals surface area contributed by atoms with Gasteiger partial charge in [0.25, 0.3) is 0 Å². The number of fused-ring (bicyclic) bond motifs is 2. The quantitative estimate of drug-likeness (QED) is 0.430. The zero-order valence-electron chi connectivity index (χ0n) is 22.7. The molecule has 6 rings (SSSR count). The summed E-state index contributed by atoms with van der Waals surface area (Å²) in [5, 5.41) is 2.56. The molecule has 3 aromatic rings. The van der Waals surface area contributed by atoms with Crippen molar-refractivity contribution in [2.45, 2.75) is 51.6 Å². The van der Waals surface area contributed by atoms with Crippen LogP contribution in [-0.4, -0.2) is 67.3 Å². The SMILES string of the molecule is [C-]#[N+]C[C@@H]1CCCN(c2nc(OC[C@@H]3CCCN3C)nc3c2CCN(c2cccc4ccc(C)cc24)C3)C1. The van der Waals surface area contributed by atoms with Crippen molar-refractivity contribution >= 4 is 22.3 Å². The summed E-state index contributed by atoms with van der Waals surface area (Å²) < 4.78 is 6.30. The Bertz CT molecular complexity index is 1350. The molecular formula is C31H38N6O. The van der Waals surface area contributed by atoms with Gasteiger partial charge in [0, 0.05) is 48.2 Å². The molecule has 0 radical (unpaired) electrons. The Balaban J connectivity index is 1.33. The van der Waals surface area contributed by atoms with E-state index in [0.29, 0.717) is 31.1 Å². The number of rotatable bonds is 6. The number of benzene rings is 2. The molecule has 2 aromatic carbocycles. The molecule has 0 saturated carbocycles. The van der Waals surface area contributed by atoms with Crippen LogP contribution in [0.5, 0.6) is 6.01 Å². The van der Waals surface area contributed by atoms with Crippen LogP contribution in [0.1, 0.15) is 42.5 Å². The summed E-state index contributed by atoms with van der Waals surface area (Å²) in [4.78, 5) is 21.0. The molecule has 2 saturated heterocycles. The molecule has 2 fully saturated rings. The maximum atomic E-state index is 7.37. The van der Waals surface area contributed by atoms with Crippen LogP contribution in [0, 0.1) is 19.4 Å². The van der Waals surface area contributed by atoms with E-state index in [4.69, 9.17) is 21.3 Å². The second-order valence-corrected chi connectivity index (χ2v) is 11.3. The van der Waals surface area contributed by atoms with E-state index in [9.17, 15) is 0 Å². The van der Waals surface area contributed by atoms with Gasteiger partial charge in [-0.15, -0.1) is 0 Å². The van der Waals surface area contributed by atoms with Gasteiger partial charge in [-0.25, -0.2) is 6.57 Å². The highest BCUT2D eigenvalue weighted by atomic mass is 16.5. The number of likely N-dealkylation sites (N-methyl/N-ethyl adjacent to an activating group) is 1. The Labute approximate surface area is 226 Å². The molecule has 0 N–H and O–H groups in total. The van der Waals surface area contributed by atoms with Gasteiger partial charge in [0.1, 0.15) is 12.4 Å². The number of nitrogens with zero attached hydrogens (tertiary/aromatic N) is 6. The van der Waals surface area contributed by atoms with Gasteiger partial charge >= 0.3 is 6.01 Å². The minimum absolute atomic E-state index is 0.405. The normalized spacial score (nSPS) is 21.9. The van der Waals surface area contributed by atoms with Gasteiger partial charge < -0.3 is 24.3 Å². The molecule has 1 aromatic heterocycles. The Morgan fingerprint density at radius 1 is 1.05 bits per heavy atom. The summed E-state index contributed by atoms with van der Waals surface area (Å²) in [5.74, 6) is 1.44. The largest absolute Gasteiger partial charge is 0.462 e. The maximum absolute atomic E-state index is 7.37. The Hall–Kier alpha value is -3.37. The minimum Gasteiger partial charge on any atom is -0.462 e. The average Bonchev–Trinajstić information content (AvgIpc) is 3.35. The lowest BCUT2D eigenvalue weighted by Crippen LogP contribution is -2.39. The monoisotopic (exact) mass is 510 g/mol. The molecule has 3 aliphatic rings. The van der Waals surface area contributed by atoms with E-state index >= 15 is 0 Å². The first kappa shape index (κ1) is 24.9. The summed E-state index contributed by atoms with van der Waals surface area (Å²) in [6, 6.07) is 14.2. The van der Waals surface area contributed by atoms with E-state index in [1.165, 1.54) is 34.0 Å². The molecule has 4 heterocycles. The average molecular weight is 511 g/mol. The molecule has 0 spiro atoms. The van der Waals surface area contributed by atoms with E-state index in [1.807, 2.05) is 0 Å². The van der Waals surface area contributed by atoms with Crippen LogP contribution in [0.2, 0.25) is 0 Å². The molecule has 198 valence electrons. The third-order valence-corrected chi connectivity index (χ3v) is 8.62. The number of ether oxygens (including phenoxy) is 1. The highest BCUT2D eigenvalue weighted by Crippen LogP contribution is 2.35. The van der Waals surface area contributed by atoms with Crippen molar-refractivity contribution in [1.82, 2.24) is 14.9 Å². The van der Waals surface area contributed by atoms with E-state index in [1.54, 1.807) is 0 Å². The summed E-state index contributed by atoms with van der Waals surface area (Å²) in [6.07, 6.45) is 5.51. The smallest absolute Gasteiger partial charge is 0.318 e. The first-order chi connectivity index (χ1) is 18.6. The van der Waals surface area contributed by atoms with Crippen molar-refractivity contribution in [1.29, 1.82) is 0 Å². The zero-order valence-corrected chi connectivity index (χ0v) is 22.7. The van der Waals surface area contributed by atoms with E-state index in [-0.39, 0.29) is 0 Å². The van der Waals surface area contributed by atoms with Gasteiger partial charge in [0.05, 0.1) is 12.2 Å². The number of aromatic nitrogens is 2. The lowest BCUT2D eigenvalue weighted by Gasteiger charge is -2.36. The van der Waals surface area contributed by atoms with Gasteiger partial charge in [-0.3, -0.25) is 0 Å². The lowest BCUT2D eigenvalue weighted by molar-refractivity contribution is 0.187. The van der Waals surface area contributed by atoms with E-state index in [2.05, 4.69) is 69.9 Å². The van der Waals surface area contributed by atoms with Crippen LogP contribution in [-0.2, 0) is 13.0 Å².